The van der Waals surface area contributed by atoms with Crippen molar-refractivity contribution in [2.24, 2.45) is 0 Å². The lowest BCUT2D eigenvalue weighted by Crippen LogP contribution is -2.48. The van der Waals surface area contributed by atoms with Gasteiger partial charge in [0, 0.05) is 18.1 Å². The first-order valence-corrected chi connectivity index (χ1v) is 9.35. The van der Waals surface area contributed by atoms with Crippen molar-refractivity contribution in [2.45, 2.75) is 39.3 Å². The summed E-state index contributed by atoms with van der Waals surface area (Å²) in [5.41, 5.74) is 1.45. The van der Waals surface area contributed by atoms with Crippen LogP contribution < -0.4 is 5.32 Å². The highest BCUT2D eigenvalue weighted by molar-refractivity contribution is 6.31. The topological polar surface area (TPSA) is 49.4 Å². The van der Waals surface area contributed by atoms with E-state index in [1.165, 1.54) is 17.0 Å². The molecule has 1 atom stereocenters. The number of amides is 2. The first kappa shape index (κ1) is 20.9. The number of carbonyl (C=O) groups excluding carboxylic acids is 2. The Hall–Kier alpha value is -2.40. The Morgan fingerprint density at radius 1 is 1.15 bits per heavy atom. The average molecular weight is 391 g/mol. The molecule has 0 aromatic heterocycles. The van der Waals surface area contributed by atoms with E-state index in [-0.39, 0.29) is 30.6 Å². The average Bonchev–Trinajstić information content (AvgIpc) is 2.66. The molecule has 1 N–H and O–H groups in total. The maximum atomic E-state index is 13.1. The van der Waals surface area contributed by atoms with E-state index >= 15 is 0 Å². The van der Waals surface area contributed by atoms with Crippen molar-refractivity contribution < 1.29 is 14.0 Å². The molecular weight excluding hydrogens is 367 g/mol. The van der Waals surface area contributed by atoms with Gasteiger partial charge >= 0.3 is 0 Å². The summed E-state index contributed by atoms with van der Waals surface area (Å²) < 4.78 is 13.1. The van der Waals surface area contributed by atoms with Crippen molar-refractivity contribution in [1.29, 1.82) is 0 Å². The first-order valence-electron chi connectivity index (χ1n) is 8.97. The number of benzene rings is 2. The van der Waals surface area contributed by atoms with Crippen LogP contribution in [0.25, 0.3) is 0 Å². The van der Waals surface area contributed by atoms with Gasteiger partial charge in [0.05, 0.1) is 6.42 Å². The van der Waals surface area contributed by atoms with E-state index in [1.54, 1.807) is 25.1 Å². The Bertz CT molecular complexity index is 780. The first-order chi connectivity index (χ1) is 12.9. The summed E-state index contributed by atoms with van der Waals surface area (Å²) in [4.78, 5) is 26.9. The summed E-state index contributed by atoms with van der Waals surface area (Å²) in [7, 11) is 0. The Morgan fingerprint density at radius 3 is 2.44 bits per heavy atom. The summed E-state index contributed by atoms with van der Waals surface area (Å²) >= 11 is 6.24. The minimum absolute atomic E-state index is 0.0795. The molecule has 0 fully saturated rings. The Labute approximate surface area is 164 Å². The second-order valence-corrected chi connectivity index (χ2v) is 6.79. The highest BCUT2D eigenvalue weighted by Gasteiger charge is 2.26. The number of carbonyl (C=O) groups is 2. The zero-order chi connectivity index (χ0) is 19.8. The maximum absolute atomic E-state index is 13.1. The fourth-order valence-electron chi connectivity index (χ4n) is 2.67. The van der Waals surface area contributed by atoms with Crippen molar-refractivity contribution in [1.82, 2.24) is 10.2 Å². The Balaban J connectivity index is 2.21. The van der Waals surface area contributed by atoms with E-state index in [9.17, 15) is 14.0 Å². The molecule has 6 heteroatoms. The molecule has 0 radical (unpaired) electrons. The van der Waals surface area contributed by atoms with E-state index in [2.05, 4.69) is 5.32 Å². The second kappa shape index (κ2) is 10.1. The van der Waals surface area contributed by atoms with Crippen molar-refractivity contribution in [2.75, 3.05) is 6.54 Å². The van der Waals surface area contributed by atoms with Gasteiger partial charge in [-0.2, -0.15) is 0 Å². The highest BCUT2D eigenvalue weighted by atomic mass is 35.5. The lowest BCUT2D eigenvalue weighted by atomic mass is 10.1. The summed E-state index contributed by atoms with van der Waals surface area (Å²) in [5, 5.41) is 3.36. The largest absolute Gasteiger partial charge is 0.354 e. The molecule has 2 amide bonds. The van der Waals surface area contributed by atoms with Gasteiger partial charge in [0.15, 0.2) is 0 Å². The third-order valence-corrected chi connectivity index (χ3v) is 4.65. The molecule has 4 nitrogen and oxygen atoms in total. The monoisotopic (exact) mass is 390 g/mol. The predicted octanol–water partition coefficient (Wildman–Crippen LogP) is 3.97. The molecule has 0 aliphatic carbocycles. The van der Waals surface area contributed by atoms with Crippen molar-refractivity contribution in [3.8, 4) is 0 Å². The molecule has 0 unspecified atom stereocenters. The number of hydrogen-bond donors (Lipinski definition) is 1. The van der Waals surface area contributed by atoms with Crippen molar-refractivity contribution in [3.05, 3.63) is 70.5 Å². The van der Waals surface area contributed by atoms with Gasteiger partial charge in [-0.1, -0.05) is 48.9 Å². The van der Waals surface area contributed by atoms with Crippen LogP contribution in [0.2, 0.25) is 5.02 Å². The van der Waals surface area contributed by atoms with Crippen LogP contribution in [-0.2, 0) is 22.6 Å². The Kier molecular flexibility index (Phi) is 7.80. The molecule has 2 aromatic carbocycles. The molecule has 27 heavy (non-hydrogen) atoms. The van der Waals surface area contributed by atoms with Crippen LogP contribution in [0.1, 0.15) is 31.4 Å². The smallest absolute Gasteiger partial charge is 0.242 e. The quantitative estimate of drug-likeness (QED) is 0.741. The zero-order valence-corrected chi connectivity index (χ0v) is 16.3. The number of halogens is 2. The van der Waals surface area contributed by atoms with Crippen LogP contribution in [-0.4, -0.2) is 29.3 Å². The van der Waals surface area contributed by atoms with Gasteiger partial charge in [-0.3, -0.25) is 9.59 Å². The maximum Gasteiger partial charge on any atom is 0.242 e. The minimum atomic E-state index is -0.652. The van der Waals surface area contributed by atoms with Crippen molar-refractivity contribution >= 4 is 23.4 Å². The molecule has 0 spiro atoms. The molecule has 0 saturated heterocycles. The van der Waals surface area contributed by atoms with Crippen LogP contribution in [0, 0.1) is 5.82 Å². The third kappa shape index (κ3) is 6.07. The van der Waals surface area contributed by atoms with Gasteiger partial charge in [0.1, 0.15) is 11.9 Å². The molecule has 0 saturated carbocycles. The van der Waals surface area contributed by atoms with Crippen molar-refractivity contribution in [3.63, 3.8) is 0 Å². The van der Waals surface area contributed by atoms with Gasteiger partial charge in [0.25, 0.3) is 0 Å². The van der Waals surface area contributed by atoms with Crippen LogP contribution >= 0.6 is 11.6 Å². The standard InChI is InChI=1S/C21H24ClFN2O2/c1-3-12-24-21(27)15(2)25(14-17-6-4-5-7-19(17)22)20(26)13-16-8-10-18(23)11-9-16/h4-11,15H,3,12-14H2,1-2H3,(H,24,27)/t15-/m1/s1. The SMILES string of the molecule is CCCNC(=O)[C@@H](C)N(Cc1ccccc1Cl)C(=O)Cc1ccc(F)cc1. The lowest BCUT2D eigenvalue weighted by Gasteiger charge is -2.29. The van der Waals surface area contributed by atoms with E-state index in [4.69, 9.17) is 11.6 Å². The fourth-order valence-corrected chi connectivity index (χ4v) is 2.86. The predicted molar refractivity (Wildman–Crippen MR) is 105 cm³/mol. The van der Waals surface area contributed by atoms with Gasteiger partial charge in [0.2, 0.25) is 11.8 Å². The van der Waals surface area contributed by atoms with Crippen LogP contribution in [0.15, 0.2) is 48.5 Å². The summed E-state index contributed by atoms with van der Waals surface area (Å²) in [5.74, 6) is -0.788. The van der Waals surface area contributed by atoms with Crippen LogP contribution in [0.5, 0.6) is 0 Å². The zero-order valence-electron chi connectivity index (χ0n) is 15.5. The van der Waals surface area contributed by atoms with Gasteiger partial charge in [-0.25, -0.2) is 4.39 Å². The molecular formula is C21H24ClFN2O2. The van der Waals surface area contributed by atoms with Crippen LogP contribution in [0.3, 0.4) is 0 Å². The molecule has 2 aromatic rings. The molecule has 0 bridgehead atoms. The number of hydrogen-bond acceptors (Lipinski definition) is 2. The van der Waals surface area contributed by atoms with E-state index in [0.717, 1.165) is 12.0 Å². The summed E-state index contributed by atoms with van der Waals surface area (Å²) in [6.45, 7) is 4.44. The van der Waals surface area contributed by atoms with Gasteiger partial charge in [-0.15, -0.1) is 0 Å². The fraction of sp³-hybridized carbons (Fsp3) is 0.333. The van der Waals surface area contributed by atoms with Gasteiger partial charge < -0.3 is 10.2 Å². The molecule has 0 aliphatic heterocycles. The van der Waals surface area contributed by atoms with E-state index < -0.39 is 6.04 Å². The molecule has 144 valence electrons. The molecule has 0 aliphatic rings. The second-order valence-electron chi connectivity index (χ2n) is 6.38. The number of nitrogens with zero attached hydrogens (tertiary/aromatic N) is 1. The van der Waals surface area contributed by atoms with E-state index in [1.807, 2.05) is 25.1 Å². The molecule has 0 heterocycles. The lowest BCUT2D eigenvalue weighted by molar-refractivity contribution is -0.140. The number of rotatable bonds is 8. The summed E-state index contributed by atoms with van der Waals surface area (Å²) in [6, 6.07) is 12.4. The molecule has 2 rings (SSSR count). The number of nitrogens with one attached hydrogen (secondary N) is 1. The minimum Gasteiger partial charge on any atom is -0.354 e. The summed E-state index contributed by atoms with van der Waals surface area (Å²) in [6.07, 6.45) is 0.891. The third-order valence-electron chi connectivity index (χ3n) is 4.28. The Morgan fingerprint density at radius 2 is 1.81 bits per heavy atom. The van der Waals surface area contributed by atoms with Crippen LogP contribution in [0.4, 0.5) is 4.39 Å². The van der Waals surface area contributed by atoms with E-state index in [0.29, 0.717) is 17.1 Å². The normalized spacial score (nSPS) is 11.7. The highest BCUT2D eigenvalue weighted by Crippen LogP contribution is 2.19. The van der Waals surface area contributed by atoms with Gasteiger partial charge in [-0.05, 0) is 42.7 Å².